The Balaban J connectivity index is 1.91. The molecule has 3 heteroatoms. The van der Waals surface area contributed by atoms with Crippen LogP contribution in [0.2, 0.25) is 0 Å². The molecule has 0 aliphatic carbocycles. The summed E-state index contributed by atoms with van der Waals surface area (Å²) >= 11 is 0. The first-order chi connectivity index (χ1) is 10.7. The van der Waals surface area contributed by atoms with E-state index in [1.807, 2.05) is 66.7 Å². The second-order valence-electron chi connectivity index (χ2n) is 4.89. The molecule has 1 heterocycles. The standard InChI is InChI=1S/C19H15NO2/c1-14(21)22-19-9-5-3-7-16(19)11-13-17-12-10-15-6-2-4-8-18(15)20-17/h2-13H,1H3/b13-11+. The molecular weight excluding hydrogens is 274 g/mol. The van der Waals surface area contributed by atoms with Crippen molar-refractivity contribution in [3.05, 3.63) is 71.9 Å². The van der Waals surface area contributed by atoms with Gasteiger partial charge in [-0.1, -0.05) is 42.5 Å². The van der Waals surface area contributed by atoms with Gasteiger partial charge in [0.25, 0.3) is 0 Å². The highest BCUT2D eigenvalue weighted by molar-refractivity contribution is 5.81. The van der Waals surface area contributed by atoms with Crippen LogP contribution < -0.4 is 4.74 Å². The summed E-state index contributed by atoms with van der Waals surface area (Å²) in [5.41, 5.74) is 2.65. The summed E-state index contributed by atoms with van der Waals surface area (Å²) in [6.07, 6.45) is 3.81. The highest BCUT2D eigenvalue weighted by atomic mass is 16.5. The van der Waals surface area contributed by atoms with Crippen LogP contribution in [0.15, 0.2) is 60.7 Å². The molecule has 0 aliphatic heterocycles. The van der Waals surface area contributed by atoms with E-state index in [4.69, 9.17) is 4.74 Å². The Hall–Kier alpha value is -2.94. The van der Waals surface area contributed by atoms with Gasteiger partial charge in [-0.15, -0.1) is 0 Å². The molecule has 2 aromatic carbocycles. The Labute approximate surface area is 128 Å². The minimum absolute atomic E-state index is 0.329. The van der Waals surface area contributed by atoms with Gasteiger partial charge in [0.1, 0.15) is 5.75 Å². The lowest BCUT2D eigenvalue weighted by Crippen LogP contribution is -2.02. The molecule has 0 saturated carbocycles. The zero-order valence-electron chi connectivity index (χ0n) is 12.2. The van der Waals surface area contributed by atoms with Crippen molar-refractivity contribution < 1.29 is 9.53 Å². The number of rotatable bonds is 3. The molecule has 0 bridgehead atoms. The molecule has 3 nitrogen and oxygen atoms in total. The van der Waals surface area contributed by atoms with Gasteiger partial charge in [0, 0.05) is 17.9 Å². The van der Waals surface area contributed by atoms with Crippen LogP contribution in [0.25, 0.3) is 23.1 Å². The van der Waals surface area contributed by atoms with Crippen LogP contribution >= 0.6 is 0 Å². The molecule has 0 aliphatic rings. The maximum Gasteiger partial charge on any atom is 0.308 e. The third kappa shape index (κ3) is 3.20. The molecule has 0 amide bonds. The van der Waals surface area contributed by atoms with E-state index in [9.17, 15) is 4.79 Å². The van der Waals surface area contributed by atoms with Crippen LogP contribution in [0.1, 0.15) is 18.2 Å². The van der Waals surface area contributed by atoms with E-state index in [2.05, 4.69) is 4.98 Å². The molecule has 0 radical (unpaired) electrons. The van der Waals surface area contributed by atoms with Gasteiger partial charge >= 0.3 is 5.97 Å². The Morgan fingerprint density at radius 3 is 2.59 bits per heavy atom. The van der Waals surface area contributed by atoms with E-state index in [1.54, 1.807) is 6.07 Å². The largest absolute Gasteiger partial charge is 0.426 e. The van der Waals surface area contributed by atoms with Crippen molar-refractivity contribution in [3.63, 3.8) is 0 Å². The number of ether oxygens (including phenoxy) is 1. The maximum absolute atomic E-state index is 11.1. The number of benzene rings is 2. The number of carbonyl (C=O) groups excluding carboxylic acids is 1. The van der Waals surface area contributed by atoms with Gasteiger partial charge in [-0.2, -0.15) is 0 Å². The van der Waals surface area contributed by atoms with Gasteiger partial charge in [-0.25, -0.2) is 4.98 Å². The van der Waals surface area contributed by atoms with Gasteiger partial charge in [-0.05, 0) is 30.4 Å². The zero-order chi connectivity index (χ0) is 15.4. The van der Waals surface area contributed by atoms with Crippen molar-refractivity contribution >= 4 is 29.0 Å². The molecule has 0 fully saturated rings. The van der Waals surface area contributed by atoms with Crippen LogP contribution in [-0.2, 0) is 4.79 Å². The third-order valence-electron chi connectivity index (χ3n) is 3.23. The van der Waals surface area contributed by atoms with E-state index in [1.165, 1.54) is 6.92 Å². The minimum atomic E-state index is -0.329. The molecule has 0 unspecified atom stereocenters. The molecule has 0 saturated heterocycles. The molecule has 1 aromatic heterocycles. The van der Waals surface area contributed by atoms with Crippen molar-refractivity contribution in [1.82, 2.24) is 4.98 Å². The predicted molar refractivity (Wildman–Crippen MR) is 88.4 cm³/mol. The Kier molecular flexibility index (Phi) is 3.97. The molecule has 0 N–H and O–H groups in total. The molecule has 0 atom stereocenters. The molecule has 0 spiro atoms. The monoisotopic (exact) mass is 289 g/mol. The summed E-state index contributed by atoms with van der Waals surface area (Å²) in [5.74, 6) is 0.219. The van der Waals surface area contributed by atoms with Crippen molar-refractivity contribution in [3.8, 4) is 5.75 Å². The van der Waals surface area contributed by atoms with E-state index in [-0.39, 0.29) is 5.97 Å². The summed E-state index contributed by atoms with van der Waals surface area (Å²) in [7, 11) is 0. The van der Waals surface area contributed by atoms with E-state index in [0.29, 0.717) is 5.75 Å². The number of carbonyl (C=O) groups is 1. The van der Waals surface area contributed by atoms with Crippen molar-refractivity contribution in [2.75, 3.05) is 0 Å². The molecular formula is C19H15NO2. The SMILES string of the molecule is CC(=O)Oc1ccccc1/C=C/c1ccc2ccccc2n1. The predicted octanol–water partition coefficient (Wildman–Crippen LogP) is 4.33. The topological polar surface area (TPSA) is 39.2 Å². The first-order valence-electron chi connectivity index (χ1n) is 7.04. The van der Waals surface area contributed by atoms with Gasteiger partial charge in [0.2, 0.25) is 0 Å². The lowest BCUT2D eigenvalue weighted by atomic mass is 10.1. The van der Waals surface area contributed by atoms with Crippen LogP contribution in [0.3, 0.4) is 0 Å². The first kappa shape index (κ1) is 14.0. The summed E-state index contributed by atoms with van der Waals surface area (Å²) in [6.45, 7) is 1.39. The Morgan fingerprint density at radius 1 is 0.955 bits per heavy atom. The molecule has 22 heavy (non-hydrogen) atoms. The highest BCUT2D eigenvalue weighted by Crippen LogP contribution is 2.21. The van der Waals surface area contributed by atoms with Crippen molar-refractivity contribution in [2.45, 2.75) is 6.92 Å². The molecule has 108 valence electrons. The number of nitrogens with zero attached hydrogens (tertiary/aromatic N) is 1. The zero-order valence-corrected chi connectivity index (χ0v) is 12.2. The van der Waals surface area contributed by atoms with Crippen molar-refractivity contribution in [2.24, 2.45) is 0 Å². The van der Waals surface area contributed by atoms with E-state index < -0.39 is 0 Å². The fraction of sp³-hybridized carbons (Fsp3) is 0.0526. The second kappa shape index (κ2) is 6.22. The van der Waals surface area contributed by atoms with Crippen LogP contribution in [0.4, 0.5) is 0 Å². The number of hydrogen-bond acceptors (Lipinski definition) is 3. The van der Waals surface area contributed by atoms with Gasteiger partial charge in [0.15, 0.2) is 0 Å². The van der Waals surface area contributed by atoms with Crippen LogP contribution in [-0.4, -0.2) is 11.0 Å². The fourth-order valence-electron chi connectivity index (χ4n) is 2.22. The normalized spacial score (nSPS) is 11.0. The second-order valence-corrected chi connectivity index (χ2v) is 4.89. The van der Waals surface area contributed by atoms with Crippen LogP contribution in [0, 0.1) is 0 Å². The maximum atomic E-state index is 11.1. The van der Waals surface area contributed by atoms with E-state index in [0.717, 1.165) is 22.2 Å². The smallest absolute Gasteiger partial charge is 0.308 e. The summed E-state index contributed by atoms with van der Waals surface area (Å²) in [4.78, 5) is 15.7. The van der Waals surface area contributed by atoms with Gasteiger partial charge in [-0.3, -0.25) is 4.79 Å². The number of para-hydroxylation sites is 2. The number of aromatic nitrogens is 1. The average Bonchev–Trinajstić information content (AvgIpc) is 2.53. The first-order valence-corrected chi connectivity index (χ1v) is 7.04. The third-order valence-corrected chi connectivity index (χ3v) is 3.23. The molecule has 3 aromatic rings. The summed E-state index contributed by atoms with van der Waals surface area (Å²) in [6, 6.07) is 19.4. The molecule has 3 rings (SSSR count). The average molecular weight is 289 g/mol. The Morgan fingerprint density at radius 2 is 1.73 bits per heavy atom. The van der Waals surface area contributed by atoms with E-state index >= 15 is 0 Å². The van der Waals surface area contributed by atoms with Gasteiger partial charge in [0.05, 0.1) is 11.2 Å². The highest BCUT2D eigenvalue weighted by Gasteiger charge is 2.02. The lowest BCUT2D eigenvalue weighted by Gasteiger charge is -2.04. The van der Waals surface area contributed by atoms with Crippen LogP contribution in [0.5, 0.6) is 5.75 Å². The summed E-state index contributed by atoms with van der Waals surface area (Å²) in [5, 5.41) is 1.11. The number of fused-ring (bicyclic) bond motifs is 1. The lowest BCUT2D eigenvalue weighted by molar-refractivity contribution is -0.131. The Bertz CT molecular complexity index is 853. The number of pyridine rings is 1. The number of esters is 1. The number of hydrogen-bond donors (Lipinski definition) is 0. The fourth-order valence-corrected chi connectivity index (χ4v) is 2.22. The van der Waals surface area contributed by atoms with Crippen molar-refractivity contribution in [1.29, 1.82) is 0 Å². The quantitative estimate of drug-likeness (QED) is 0.532. The minimum Gasteiger partial charge on any atom is -0.426 e. The summed E-state index contributed by atoms with van der Waals surface area (Å²) < 4.78 is 5.19. The van der Waals surface area contributed by atoms with Gasteiger partial charge < -0.3 is 4.74 Å².